The summed E-state index contributed by atoms with van der Waals surface area (Å²) >= 11 is 8.33. The van der Waals surface area contributed by atoms with Crippen molar-refractivity contribution in [1.82, 2.24) is 9.55 Å². The molecule has 6 heteroatoms. The van der Waals surface area contributed by atoms with Crippen LogP contribution in [0.3, 0.4) is 0 Å². The number of rotatable bonds is 2. The first-order valence-electron chi connectivity index (χ1n) is 6.25. The fourth-order valence-corrected chi connectivity index (χ4v) is 2.74. The van der Waals surface area contributed by atoms with Gasteiger partial charge in [-0.15, -0.1) is 11.6 Å². The van der Waals surface area contributed by atoms with Gasteiger partial charge in [-0.3, -0.25) is 4.57 Å². The van der Waals surface area contributed by atoms with Crippen LogP contribution in [0.25, 0.3) is 16.7 Å². The molecule has 0 spiro atoms. The lowest BCUT2D eigenvalue weighted by molar-refractivity contribution is 0.514. The van der Waals surface area contributed by atoms with E-state index < -0.39 is 17.0 Å². The van der Waals surface area contributed by atoms with Crippen molar-refractivity contribution in [3.05, 3.63) is 57.4 Å². The predicted molar refractivity (Wildman–Crippen MR) is 88.0 cm³/mol. The van der Waals surface area contributed by atoms with Crippen LogP contribution in [0.4, 0.5) is 8.78 Å². The van der Waals surface area contributed by atoms with Gasteiger partial charge >= 0.3 is 0 Å². The van der Waals surface area contributed by atoms with Gasteiger partial charge in [-0.2, -0.15) is 0 Å². The van der Waals surface area contributed by atoms with Crippen molar-refractivity contribution in [2.75, 3.05) is 0 Å². The highest BCUT2D eigenvalue weighted by molar-refractivity contribution is 14.1. The summed E-state index contributed by atoms with van der Waals surface area (Å²) in [6, 6.07) is 9.97. The third-order valence-electron chi connectivity index (χ3n) is 3.18. The molecule has 21 heavy (non-hydrogen) atoms. The fraction of sp³-hybridized carbons (Fsp3) is 0.133. The highest BCUT2D eigenvalue weighted by Gasteiger charge is 2.21. The number of fused-ring (bicyclic) bond motifs is 1. The van der Waals surface area contributed by atoms with Crippen molar-refractivity contribution in [2.24, 2.45) is 0 Å². The van der Waals surface area contributed by atoms with Crippen LogP contribution >= 0.6 is 34.2 Å². The summed E-state index contributed by atoms with van der Waals surface area (Å²) in [4.78, 5) is 4.34. The Morgan fingerprint density at radius 1 is 1.14 bits per heavy atom. The SMILES string of the molecule is CC(Cl)c1nc2ccc(F)c(F)c2n1-c1ccc(I)cc1. The van der Waals surface area contributed by atoms with E-state index in [0.29, 0.717) is 17.0 Å². The Hall–Kier alpha value is -1.21. The first-order chi connectivity index (χ1) is 9.99. The molecule has 1 unspecified atom stereocenters. The zero-order valence-corrected chi connectivity index (χ0v) is 13.9. The number of alkyl halides is 1. The van der Waals surface area contributed by atoms with Gasteiger partial charge in [0.05, 0.1) is 10.9 Å². The highest BCUT2D eigenvalue weighted by Crippen LogP contribution is 2.30. The molecule has 0 aliphatic carbocycles. The van der Waals surface area contributed by atoms with Gasteiger partial charge in [-0.1, -0.05) is 0 Å². The van der Waals surface area contributed by atoms with Crippen LogP contribution in [-0.4, -0.2) is 9.55 Å². The van der Waals surface area contributed by atoms with Gasteiger partial charge in [-0.05, 0) is 65.9 Å². The van der Waals surface area contributed by atoms with Crippen LogP contribution in [0.1, 0.15) is 18.1 Å². The van der Waals surface area contributed by atoms with Gasteiger partial charge in [0, 0.05) is 9.26 Å². The van der Waals surface area contributed by atoms with E-state index in [2.05, 4.69) is 27.6 Å². The maximum absolute atomic E-state index is 14.2. The molecule has 0 saturated heterocycles. The molecular weight excluding hydrogens is 409 g/mol. The van der Waals surface area contributed by atoms with E-state index in [1.165, 1.54) is 6.07 Å². The number of imidazole rings is 1. The molecule has 2 nitrogen and oxygen atoms in total. The second-order valence-electron chi connectivity index (χ2n) is 4.63. The molecule has 0 radical (unpaired) electrons. The van der Waals surface area contributed by atoms with Crippen molar-refractivity contribution in [2.45, 2.75) is 12.3 Å². The summed E-state index contributed by atoms with van der Waals surface area (Å²) in [6.45, 7) is 1.75. The third kappa shape index (κ3) is 2.53. The maximum atomic E-state index is 14.2. The van der Waals surface area contributed by atoms with Gasteiger partial charge in [-0.25, -0.2) is 13.8 Å². The zero-order valence-electron chi connectivity index (χ0n) is 10.9. The Labute approximate surface area is 138 Å². The maximum Gasteiger partial charge on any atom is 0.185 e. The lowest BCUT2D eigenvalue weighted by Gasteiger charge is -2.11. The summed E-state index contributed by atoms with van der Waals surface area (Å²) in [5, 5.41) is -0.431. The van der Waals surface area contributed by atoms with E-state index in [0.717, 1.165) is 9.64 Å². The molecule has 0 saturated carbocycles. The standard InChI is InChI=1S/C15H10ClF2IN2/c1-8(16)15-20-12-7-6-11(17)13(18)14(12)21(15)10-4-2-9(19)3-5-10/h2-8H,1H3. The number of halogens is 4. The van der Waals surface area contributed by atoms with Crippen molar-refractivity contribution < 1.29 is 8.78 Å². The minimum absolute atomic E-state index is 0.110. The van der Waals surface area contributed by atoms with Crippen LogP contribution in [0.5, 0.6) is 0 Å². The first kappa shape index (κ1) is 14.7. The number of nitrogens with zero attached hydrogens (tertiary/aromatic N) is 2. The van der Waals surface area contributed by atoms with Crippen LogP contribution < -0.4 is 0 Å². The van der Waals surface area contributed by atoms with E-state index in [4.69, 9.17) is 11.6 Å². The number of benzene rings is 2. The smallest absolute Gasteiger partial charge is 0.185 e. The van der Waals surface area contributed by atoms with E-state index in [1.54, 1.807) is 11.5 Å². The average Bonchev–Trinajstić information content (AvgIpc) is 2.84. The van der Waals surface area contributed by atoms with Crippen LogP contribution in [-0.2, 0) is 0 Å². The molecule has 0 amide bonds. The van der Waals surface area contributed by atoms with E-state index in [-0.39, 0.29) is 5.52 Å². The molecule has 3 aromatic rings. The van der Waals surface area contributed by atoms with Gasteiger partial charge in [0.15, 0.2) is 11.6 Å². The fourth-order valence-electron chi connectivity index (χ4n) is 2.24. The Bertz CT molecular complexity index is 813. The summed E-state index contributed by atoms with van der Waals surface area (Å²) in [7, 11) is 0. The summed E-state index contributed by atoms with van der Waals surface area (Å²) in [5.74, 6) is -1.33. The molecule has 2 aromatic carbocycles. The van der Waals surface area contributed by atoms with Crippen molar-refractivity contribution in [3.8, 4) is 5.69 Å². The number of hydrogen-bond donors (Lipinski definition) is 0. The molecule has 0 bridgehead atoms. The van der Waals surface area contributed by atoms with Gasteiger partial charge in [0.25, 0.3) is 0 Å². The Morgan fingerprint density at radius 3 is 2.43 bits per heavy atom. The molecule has 0 aliphatic heterocycles. The molecule has 1 heterocycles. The third-order valence-corrected chi connectivity index (χ3v) is 4.09. The lowest BCUT2D eigenvalue weighted by atomic mass is 10.2. The largest absolute Gasteiger partial charge is 0.292 e. The first-order valence-corrected chi connectivity index (χ1v) is 7.77. The summed E-state index contributed by atoms with van der Waals surface area (Å²) in [5.41, 5.74) is 1.19. The van der Waals surface area contributed by atoms with Gasteiger partial charge in [0.2, 0.25) is 0 Å². The van der Waals surface area contributed by atoms with E-state index in [1.807, 2.05) is 24.3 Å². The number of aromatic nitrogens is 2. The van der Waals surface area contributed by atoms with Crippen LogP contribution in [0.2, 0.25) is 0 Å². The summed E-state index contributed by atoms with van der Waals surface area (Å²) < 4.78 is 30.4. The minimum atomic E-state index is -0.915. The molecule has 1 atom stereocenters. The quantitative estimate of drug-likeness (QED) is 0.413. The molecule has 3 rings (SSSR count). The number of hydrogen-bond acceptors (Lipinski definition) is 1. The average molecular weight is 419 g/mol. The Morgan fingerprint density at radius 2 is 1.81 bits per heavy atom. The van der Waals surface area contributed by atoms with Crippen LogP contribution in [0, 0.1) is 15.2 Å². The Balaban J connectivity index is 2.40. The molecule has 0 N–H and O–H groups in total. The van der Waals surface area contributed by atoms with E-state index in [9.17, 15) is 8.78 Å². The molecule has 0 aliphatic rings. The Kier molecular flexibility index (Phi) is 3.88. The lowest BCUT2D eigenvalue weighted by Crippen LogP contribution is -2.03. The van der Waals surface area contributed by atoms with Crippen molar-refractivity contribution in [1.29, 1.82) is 0 Å². The molecular formula is C15H10ClF2IN2. The minimum Gasteiger partial charge on any atom is -0.292 e. The second kappa shape index (κ2) is 5.53. The van der Waals surface area contributed by atoms with E-state index >= 15 is 0 Å². The predicted octanol–water partition coefficient (Wildman–Crippen LogP) is 5.21. The topological polar surface area (TPSA) is 17.8 Å². The normalized spacial score (nSPS) is 12.8. The monoisotopic (exact) mass is 418 g/mol. The molecule has 108 valence electrons. The van der Waals surface area contributed by atoms with Crippen LogP contribution in [0.15, 0.2) is 36.4 Å². The molecule has 1 aromatic heterocycles. The highest BCUT2D eigenvalue weighted by atomic mass is 127. The summed E-state index contributed by atoms with van der Waals surface area (Å²) in [6.07, 6.45) is 0. The van der Waals surface area contributed by atoms with Gasteiger partial charge < -0.3 is 0 Å². The zero-order chi connectivity index (χ0) is 15.1. The second-order valence-corrected chi connectivity index (χ2v) is 6.53. The molecule has 0 fully saturated rings. The van der Waals surface area contributed by atoms with Crippen molar-refractivity contribution in [3.63, 3.8) is 0 Å². The van der Waals surface area contributed by atoms with Gasteiger partial charge in [0.1, 0.15) is 11.3 Å². The van der Waals surface area contributed by atoms with Crippen molar-refractivity contribution >= 4 is 45.2 Å².